The van der Waals surface area contributed by atoms with Crippen LogP contribution in [0.1, 0.15) is 23.3 Å². The molecule has 0 aliphatic carbocycles. The van der Waals surface area contributed by atoms with E-state index in [1.165, 1.54) is 4.90 Å². The average Bonchev–Trinajstić information content (AvgIpc) is 2.88. The maximum Gasteiger partial charge on any atom is 0.414 e. The minimum atomic E-state index is -4.59. The van der Waals surface area contributed by atoms with Gasteiger partial charge in [-0.25, -0.2) is 4.79 Å². The summed E-state index contributed by atoms with van der Waals surface area (Å²) < 4.78 is 37.4. The molecule has 8 heteroatoms. The van der Waals surface area contributed by atoms with Crippen molar-refractivity contribution >= 4 is 17.4 Å². The van der Waals surface area contributed by atoms with E-state index < -0.39 is 18.2 Å². The summed E-state index contributed by atoms with van der Waals surface area (Å²) in [6, 6.07) is 1.70. The third-order valence-corrected chi connectivity index (χ3v) is 5.00. The molecule has 124 valence electrons. The van der Waals surface area contributed by atoms with Crippen molar-refractivity contribution in [3.05, 3.63) is 21.9 Å². The first kappa shape index (κ1) is 17.1. The van der Waals surface area contributed by atoms with Gasteiger partial charge in [-0.2, -0.15) is 13.2 Å². The third kappa shape index (κ3) is 4.13. The van der Waals surface area contributed by atoms with Crippen molar-refractivity contribution in [2.24, 2.45) is 5.92 Å². The van der Waals surface area contributed by atoms with Crippen LogP contribution in [0.4, 0.5) is 18.0 Å². The minimum Gasteiger partial charge on any atom is -0.383 e. The SMILES string of the molecule is Cc1ccsc1CNC(=O)N1CCC([C@H](O)C(F)(F)F)CC1. The Kier molecular flexibility index (Phi) is 5.33. The van der Waals surface area contributed by atoms with Crippen LogP contribution in [0.5, 0.6) is 0 Å². The normalized spacial score (nSPS) is 18.3. The van der Waals surface area contributed by atoms with Crippen molar-refractivity contribution < 1.29 is 23.1 Å². The zero-order valence-corrected chi connectivity index (χ0v) is 13.0. The lowest BCUT2D eigenvalue weighted by atomic mass is 9.91. The topological polar surface area (TPSA) is 52.6 Å². The number of halogens is 3. The number of urea groups is 1. The van der Waals surface area contributed by atoms with E-state index in [-0.39, 0.29) is 32.0 Å². The van der Waals surface area contributed by atoms with Gasteiger partial charge in [0, 0.05) is 18.0 Å². The summed E-state index contributed by atoms with van der Waals surface area (Å²) in [5.74, 6) is -0.830. The Hall–Kier alpha value is -1.28. The van der Waals surface area contributed by atoms with E-state index in [1.54, 1.807) is 11.3 Å². The molecule has 22 heavy (non-hydrogen) atoms. The van der Waals surface area contributed by atoms with Crippen LogP contribution in [0.2, 0.25) is 0 Å². The monoisotopic (exact) mass is 336 g/mol. The second kappa shape index (κ2) is 6.87. The third-order valence-electron chi connectivity index (χ3n) is 3.98. The fraction of sp³-hybridized carbons (Fsp3) is 0.643. The summed E-state index contributed by atoms with van der Waals surface area (Å²) in [4.78, 5) is 14.6. The van der Waals surface area contributed by atoms with Crippen LogP contribution in [0.25, 0.3) is 0 Å². The summed E-state index contributed by atoms with van der Waals surface area (Å²) in [5.41, 5.74) is 1.11. The smallest absolute Gasteiger partial charge is 0.383 e. The van der Waals surface area contributed by atoms with Crippen molar-refractivity contribution in [3.8, 4) is 0 Å². The average molecular weight is 336 g/mol. The van der Waals surface area contributed by atoms with Gasteiger partial charge in [0.1, 0.15) is 0 Å². The van der Waals surface area contributed by atoms with E-state index in [1.807, 2.05) is 18.4 Å². The van der Waals surface area contributed by atoms with E-state index >= 15 is 0 Å². The van der Waals surface area contributed by atoms with Gasteiger partial charge in [0.2, 0.25) is 0 Å². The molecule has 1 aromatic heterocycles. The maximum absolute atomic E-state index is 12.5. The Morgan fingerprint density at radius 1 is 1.50 bits per heavy atom. The second-order valence-corrected chi connectivity index (χ2v) is 6.50. The molecule has 1 fully saturated rings. The number of aliphatic hydroxyl groups is 1. The molecule has 0 aromatic carbocycles. The highest BCUT2D eigenvalue weighted by Gasteiger charge is 2.44. The molecule has 1 aliphatic heterocycles. The number of hydrogen-bond donors (Lipinski definition) is 2. The zero-order valence-electron chi connectivity index (χ0n) is 12.2. The number of carbonyl (C=O) groups is 1. The molecule has 1 atom stereocenters. The number of nitrogens with one attached hydrogen (secondary N) is 1. The van der Waals surface area contributed by atoms with Gasteiger partial charge in [-0.3, -0.25) is 0 Å². The number of likely N-dealkylation sites (tertiary alicyclic amines) is 1. The highest BCUT2D eigenvalue weighted by atomic mass is 32.1. The molecule has 4 nitrogen and oxygen atoms in total. The van der Waals surface area contributed by atoms with Crippen molar-refractivity contribution in [2.45, 2.75) is 38.6 Å². The first-order valence-corrected chi connectivity index (χ1v) is 7.97. The number of piperidine rings is 1. The van der Waals surface area contributed by atoms with Gasteiger partial charge in [-0.15, -0.1) is 11.3 Å². The van der Waals surface area contributed by atoms with Crippen molar-refractivity contribution in [1.29, 1.82) is 0 Å². The molecule has 0 spiro atoms. The number of aliphatic hydroxyl groups excluding tert-OH is 1. The summed E-state index contributed by atoms with van der Waals surface area (Å²) >= 11 is 1.55. The molecule has 0 unspecified atom stereocenters. The summed E-state index contributed by atoms with van der Waals surface area (Å²) in [6.45, 7) is 2.84. The zero-order chi connectivity index (χ0) is 16.3. The van der Waals surface area contributed by atoms with Crippen molar-refractivity contribution in [3.63, 3.8) is 0 Å². The van der Waals surface area contributed by atoms with Gasteiger partial charge < -0.3 is 15.3 Å². The Labute approximate surface area is 130 Å². The van der Waals surface area contributed by atoms with Crippen LogP contribution in [-0.2, 0) is 6.54 Å². The molecule has 2 rings (SSSR count). The van der Waals surface area contributed by atoms with Gasteiger partial charge in [-0.05, 0) is 42.7 Å². The van der Waals surface area contributed by atoms with E-state index in [0.29, 0.717) is 6.54 Å². The molecule has 2 heterocycles. The predicted octanol–water partition coefficient (Wildman–Crippen LogP) is 2.90. The lowest BCUT2D eigenvalue weighted by Crippen LogP contribution is -2.48. The minimum absolute atomic E-state index is 0.159. The Balaban J connectivity index is 1.79. The van der Waals surface area contributed by atoms with Gasteiger partial charge in [0.05, 0.1) is 6.54 Å². The predicted molar refractivity (Wildman–Crippen MR) is 77.7 cm³/mol. The van der Waals surface area contributed by atoms with Crippen LogP contribution in [0.15, 0.2) is 11.4 Å². The molecule has 1 saturated heterocycles. The summed E-state index contributed by atoms with van der Waals surface area (Å²) in [5, 5.41) is 14.0. The van der Waals surface area contributed by atoms with E-state index in [9.17, 15) is 23.1 Å². The second-order valence-electron chi connectivity index (χ2n) is 5.50. The number of alkyl halides is 3. The van der Waals surface area contributed by atoms with Crippen LogP contribution in [-0.4, -0.2) is 41.4 Å². The van der Waals surface area contributed by atoms with E-state index in [4.69, 9.17) is 0 Å². The summed E-state index contributed by atoms with van der Waals surface area (Å²) in [7, 11) is 0. The highest BCUT2D eigenvalue weighted by Crippen LogP contribution is 2.31. The van der Waals surface area contributed by atoms with E-state index in [2.05, 4.69) is 5.32 Å². The lowest BCUT2D eigenvalue weighted by molar-refractivity contribution is -0.222. The lowest BCUT2D eigenvalue weighted by Gasteiger charge is -2.34. The molecular weight excluding hydrogens is 317 g/mol. The summed E-state index contributed by atoms with van der Waals surface area (Å²) in [6.07, 6.45) is -6.57. The fourth-order valence-corrected chi connectivity index (χ4v) is 3.38. The molecule has 1 aliphatic rings. The molecule has 2 N–H and O–H groups in total. The van der Waals surface area contributed by atoms with Gasteiger partial charge in [0.25, 0.3) is 0 Å². The van der Waals surface area contributed by atoms with Crippen LogP contribution in [0, 0.1) is 12.8 Å². The van der Waals surface area contributed by atoms with Crippen LogP contribution in [0.3, 0.4) is 0 Å². The van der Waals surface area contributed by atoms with Crippen molar-refractivity contribution in [1.82, 2.24) is 10.2 Å². The van der Waals surface area contributed by atoms with Crippen molar-refractivity contribution in [2.75, 3.05) is 13.1 Å². The van der Waals surface area contributed by atoms with E-state index in [0.717, 1.165) is 10.4 Å². The number of rotatable bonds is 3. The number of hydrogen-bond acceptors (Lipinski definition) is 3. The van der Waals surface area contributed by atoms with Gasteiger partial charge in [-0.1, -0.05) is 0 Å². The number of nitrogens with zero attached hydrogens (tertiary/aromatic N) is 1. The maximum atomic E-state index is 12.5. The largest absolute Gasteiger partial charge is 0.414 e. The molecule has 0 radical (unpaired) electrons. The highest BCUT2D eigenvalue weighted by molar-refractivity contribution is 7.10. The fourth-order valence-electron chi connectivity index (χ4n) is 2.54. The molecule has 0 bridgehead atoms. The van der Waals surface area contributed by atoms with Crippen LogP contribution >= 0.6 is 11.3 Å². The number of aryl methyl sites for hydroxylation is 1. The number of thiophene rings is 1. The number of amides is 2. The molecule has 0 saturated carbocycles. The number of carbonyl (C=O) groups excluding carboxylic acids is 1. The Morgan fingerprint density at radius 2 is 2.14 bits per heavy atom. The molecule has 1 aromatic rings. The quantitative estimate of drug-likeness (QED) is 0.892. The first-order valence-electron chi connectivity index (χ1n) is 7.09. The Bertz CT molecular complexity index is 510. The van der Waals surface area contributed by atoms with Gasteiger partial charge in [0.15, 0.2) is 6.10 Å². The Morgan fingerprint density at radius 3 is 2.64 bits per heavy atom. The van der Waals surface area contributed by atoms with Crippen LogP contribution < -0.4 is 5.32 Å². The first-order chi connectivity index (χ1) is 10.3. The molecular formula is C14H19F3N2O2S. The molecule has 2 amide bonds. The standard InChI is InChI=1S/C14H19F3N2O2S/c1-9-4-7-22-11(9)8-18-13(21)19-5-2-10(3-6-19)12(20)14(15,16)17/h4,7,10,12,20H,2-3,5-6,8H2,1H3,(H,18,21)/t12-/m0/s1. The van der Waals surface area contributed by atoms with Gasteiger partial charge >= 0.3 is 12.2 Å².